The Balaban J connectivity index is 1.57. The van der Waals surface area contributed by atoms with Crippen LogP contribution in [0.5, 0.6) is 0 Å². The number of esters is 1. The topological polar surface area (TPSA) is 125 Å². The quantitative estimate of drug-likeness (QED) is 0.301. The van der Waals surface area contributed by atoms with Crippen LogP contribution in [0, 0.1) is 25.7 Å². The molecule has 0 saturated carbocycles. The van der Waals surface area contributed by atoms with E-state index in [4.69, 9.17) is 9.47 Å². The summed E-state index contributed by atoms with van der Waals surface area (Å²) in [5.41, 5.74) is 1.35. The summed E-state index contributed by atoms with van der Waals surface area (Å²) in [5.74, 6) is -3.20. The summed E-state index contributed by atoms with van der Waals surface area (Å²) >= 11 is 0. The van der Waals surface area contributed by atoms with Crippen molar-refractivity contribution < 1.29 is 33.8 Å². The van der Waals surface area contributed by atoms with Gasteiger partial charge in [-0.2, -0.15) is 0 Å². The summed E-state index contributed by atoms with van der Waals surface area (Å²) in [6.07, 6.45) is 8.41. The lowest BCUT2D eigenvalue weighted by Crippen LogP contribution is -2.55. The molecule has 1 spiro atoms. The number of aliphatic hydroxyl groups excluding tert-OH is 1. The SMILES string of the molecule is Cc1ccc(C)c(N2CC=C[C@@]34O[C@H]5/C=C\CCC(=O)NC[C@H](C)OC(=O)[C@H]5[C@@H]3C(=O)N(CCCCCO)[C@H]4C2=O)c1. The molecule has 0 bridgehead atoms. The van der Waals surface area contributed by atoms with Gasteiger partial charge in [-0.1, -0.05) is 36.4 Å². The van der Waals surface area contributed by atoms with E-state index in [1.165, 1.54) is 0 Å². The zero-order valence-corrected chi connectivity index (χ0v) is 24.6. The van der Waals surface area contributed by atoms with Crippen LogP contribution < -0.4 is 10.2 Å². The van der Waals surface area contributed by atoms with Gasteiger partial charge in [-0.3, -0.25) is 19.2 Å². The highest BCUT2D eigenvalue weighted by molar-refractivity contribution is 6.06. The Bertz CT molecular complexity index is 1290. The van der Waals surface area contributed by atoms with Crippen LogP contribution in [0.1, 0.15) is 50.2 Å². The number of aliphatic hydroxyl groups is 1. The standard InChI is InChI=1S/C32H41N3O7/c1-20-12-13-21(2)23(18-20)34-16-9-14-32-27(29(38)35(28(32)30(34)39)15-7-4-8-17-36)26-24(42-32)10-5-6-11-25(37)33-19-22(3)41-31(26)40/h5,9-10,12-14,18,22,24,26-28,36H,4,6-8,11,15-17,19H2,1-3H3,(H,33,37)/b10-5-/t22-,24-,26+,27+,28-,32+/m0/s1. The number of amides is 3. The number of hydrogen-bond donors (Lipinski definition) is 2. The highest BCUT2D eigenvalue weighted by Gasteiger charge is 2.71. The molecule has 2 N–H and O–H groups in total. The Morgan fingerprint density at radius 1 is 1.07 bits per heavy atom. The van der Waals surface area contributed by atoms with Gasteiger partial charge in [0.2, 0.25) is 11.8 Å². The van der Waals surface area contributed by atoms with E-state index in [0.29, 0.717) is 38.8 Å². The van der Waals surface area contributed by atoms with Gasteiger partial charge >= 0.3 is 5.97 Å². The normalized spacial score (nSPS) is 32.2. The minimum Gasteiger partial charge on any atom is -0.460 e. The molecule has 42 heavy (non-hydrogen) atoms. The highest BCUT2D eigenvalue weighted by Crippen LogP contribution is 2.53. The van der Waals surface area contributed by atoms with E-state index in [1.807, 2.05) is 44.2 Å². The molecule has 0 radical (unpaired) electrons. The van der Waals surface area contributed by atoms with Crippen LogP contribution in [0.3, 0.4) is 0 Å². The first kappa shape index (κ1) is 30.0. The number of benzene rings is 1. The number of cyclic esters (lactones) is 1. The molecule has 226 valence electrons. The van der Waals surface area contributed by atoms with E-state index in [1.54, 1.807) is 28.9 Å². The maximum atomic E-state index is 14.6. The number of aryl methyl sites for hydroxylation is 2. The molecule has 0 unspecified atom stereocenters. The Morgan fingerprint density at radius 2 is 1.88 bits per heavy atom. The maximum Gasteiger partial charge on any atom is 0.313 e. The largest absolute Gasteiger partial charge is 0.460 e. The first-order valence-corrected chi connectivity index (χ1v) is 15.0. The van der Waals surface area contributed by atoms with Crippen LogP contribution in [0.25, 0.3) is 0 Å². The summed E-state index contributed by atoms with van der Waals surface area (Å²) in [6.45, 7) is 6.44. The molecule has 4 aliphatic rings. The second-order valence-corrected chi connectivity index (χ2v) is 11.8. The van der Waals surface area contributed by atoms with E-state index in [0.717, 1.165) is 16.8 Å². The molecule has 2 fully saturated rings. The molecule has 3 amide bonds. The van der Waals surface area contributed by atoms with Crippen LogP contribution in [-0.4, -0.2) is 83.8 Å². The van der Waals surface area contributed by atoms with Gasteiger partial charge < -0.3 is 29.7 Å². The smallest absolute Gasteiger partial charge is 0.313 e. The van der Waals surface area contributed by atoms with Gasteiger partial charge in [0.15, 0.2) is 0 Å². The van der Waals surface area contributed by atoms with Crippen molar-refractivity contribution in [1.29, 1.82) is 0 Å². The van der Waals surface area contributed by atoms with E-state index < -0.39 is 41.7 Å². The minimum absolute atomic E-state index is 0.0513. The van der Waals surface area contributed by atoms with Gasteiger partial charge in [-0.15, -0.1) is 0 Å². The zero-order chi connectivity index (χ0) is 30.0. The number of fused-ring (bicyclic) bond motifs is 2. The van der Waals surface area contributed by atoms with Crippen molar-refractivity contribution >= 4 is 29.4 Å². The number of likely N-dealkylation sites (tertiary alicyclic amines) is 1. The summed E-state index contributed by atoms with van der Waals surface area (Å²) in [7, 11) is 0. The van der Waals surface area contributed by atoms with Crippen LogP contribution in [0.15, 0.2) is 42.5 Å². The monoisotopic (exact) mass is 579 g/mol. The Kier molecular flexibility index (Phi) is 8.84. The van der Waals surface area contributed by atoms with Crippen molar-refractivity contribution in [3.8, 4) is 0 Å². The fourth-order valence-electron chi connectivity index (χ4n) is 6.70. The van der Waals surface area contributed by atoms with Gasteiger partial charge in [-0.25, -0.2) is 0 Å². The lowest BCUT2D eigenvalue weighted by atomic mass is 9.78. The van der Waals surface area contributed by atoms with Crippen molar-refractivity contribution in [1.82, 2.24) is 10.2 Å². The molecule has 0 aliphatic carbocycles. The molecular weight excluding hydrogens is 538 g/mol. The first-order valence-electron chi connectivity index (χ1n) is 15.0. The third-order valence-corrected chi connectivity index (χ3v) is 8.75. The van der Waals surface area contributed by atoms with E-state index in [-0.39, 0.29) is 37.3 Å². The third kappa shape index (κ3) is 5.49. The molecule has 0 aromatic heterocycles. The van der Waals surface area contributed by atoms with Crippen LogP contribution in [-0.2, 0) is 28.7 Å². The van der Waals surface area contributed by atoms with Gasteiger partial charge in [0.1, 0.15) is 23.7 Å². The number of carbonyl (C=O) groups is 4. The molecular formula is C32H41N3O7. The predicted molar refractivity (Wildman–Crippen MR) is 155 cm³/mol. The van der Waals surface area contributed by atoms with E-state index >= 15 is 0 Å². The molecule has 5 rings (SSSR count). The highest BCUT2D eigenvalue weighted by atomic mass is 16.6. The molecule has 1 aromatic rings. The molecule has 4 aliphatic heterocycles. The summed E-state index contributed by atoms with van der Waals surface area (Å²) in [5, 5.41) is 12.1. The molecule has 6 atom stereocenters. The molecule has 10 heteroatoms. The number of rotatable bonds is 6. The van der Waals surface area contributed by atoms with E-state index in [9.17, 15) is 24.3 Å². The van der Waals surface area contributed by atoms with Crippen LogP contribution in [0.2, 0.25) is 0 Å². The third-order valence-electron chi connectivity index (χ3n) is 8.75. The fourth-order valence-corrected chi connectivity index (χ4v) is 6.70. The number of anilines is 1. The van der Waals surface area contributed by atoms with Gasteiger partial charge in [0.05, 0.1) is 18.6 Å². The molecule has 1 aromatic carbocycles. The average Bonchev–Trinajstić information content (AvgIpc) is 3.33. The fraction of sp³-hybridized carbons (Fsp3) is 0.562. The van der Waals surface area contributed by atoms with Gasteiger partial charge in [0.25, 0.3) is 5.91 Å². The minimum atomic E-state index is -1.37. The number of hydrogen-bond acceptors (Lipinski definition) is 7. The van der Waals surface area contributed by atoms with Crippen molar-refractivity contribution in [2.45, 2.75) is 76.7 Å². The van der Waals surface area contributed by atoms with Crippen molar-refractivity contribution in [2.24, 2.45) is 11.8 Å². The van der Waals surface area contributed by atoms with E-state index in [2.05, 4.69) is 5.32 Å². The molecule has 4 heterocycles. The van der Waals surface area contributed by atoms with Crippen molar-refractivity contribution in [2.75, 3.05) is 31.1 Å². The van der Waals surface area contributed by atoms with Crippen molar-refractivity contribution in [3.63, 3.8) is 0 Å². The van der Waals surface area contributed by atoms with Crippen molar-refractivity contribution in [3.05, 3.63) is 53.6 Å². The predicted octanol–water partition coefficient (Wildman–Crippen LogP) is 2.35. The van der Waals surface area contributed by atoms with Gasteiger partial charge in [0, 0.05) is 31.8 Å². The Morgan fingerprint density at radius 3 is 2.67 bits per heavy atom. The lowest BCUT2D eigenvalue weighted by Gasteiger charge is -2.35. The Labute approximate surface area is 246 Å². The number of nitrogens with one attached hydrogen (secondary N) is 1. The number of allylic oxidation sites excluding steroid dienone is 1. The lowest BCUT2D eigenvalue weighted by molar-refractivity contribution is -0.158. The van der Waals surface area contributed by atoms with Crippen LogP contribution in [0.4, 0.5) is 5.69 Å². The number of carbonyl (C=O) groups excluding carboxylic acids is 4. The number of ether oxygens (including phenoxy) is 2. The summed E-state index contributed by atoms with van der Waals surface area (Å²) in [4.78, 5) is 58.1. The summed E-state index contributed by atoms with van der Waals surface area (Å²) < 4.78 is 12.5. The number of nitrogens with zero attached hydrogens (tertiary/aromatic N) is 2. The van der Waals surface area contributed by atoms with Crippen LogP contribution >= 0.6 is 0 Å². The molecule has 2 saturated heterocycles. The second-order valence-electron chi connectivity index (χ2n) is 11.8. The number of unbranched alkanes of at least 4 members (excludes halogenated alkanes) is 2. The Hall–Kier alpha value is -3.50. The average molecular weight is 580 g/mol. The molecule has 10 nitrogen and oxygen atoms in total. The first-order chi connectivity index (χ1) is 20.2. The zero-order valence-electron chi connectivity index (χ0n) is 24.6. The maximum absolute atomic E-state index is 14.6. The summed E-state index contributed by atoms with van der Waals surface area (Å²) in [6, 6.07) is 4.96. The second kappa shape index (κ2) is 12.4. The van der Waals surface area contributed by atoms with Gasteiger partial charge in [-0.05, 0) is 63.6 Å².